The maximum absolute atomic E-state index is 13.0. The molecule has 2 N–H and O–H groups in total. The van der Waals surface area contributed by atoms with Crippen LogP contribution in [0.2, 0.25) is 5.02 Å². The van der Waals surface area contributed by atoms with Gasteiger partial charge in [0.2, 0.25) is 0 Å². The molecular formula is C23H17ClN4O4. The van der Waals surface area contributed by atoms with Crippen LogP contribution < -0.4 is 10.6 Å². The molecule has 0 bridgehead atoms. The number of methoxy groups -OCH3 is 2. The highest BCUT2D eigenvalue weighted by molar-refractivity contribution is 6.32. The fraction of sp³-hybridized carbons (Fsp3) is 0.130. The highest BCUT2D eigenvalue weighted by Crippen LogP contribution is 2.44. The molecule has 1 aliphatic rings. The molecule has 2 aromatic carbocycles. The van der Waals surface area contributed by atoms with Gasteiger partial charge in [-0.25, -0.2) is 9.59 Å². The second-order valence-electron chi connectivity index (χ2n) is 6.58. The SMILES string of the molecule is COC(=O)C1=C(C(=O)OC)N(c2cccc(Cl)c2C#N)C(N)=C(C#N)C1c1ccccc1. The lowest BCUT2D eigenvalue weighted by Crippen LogP contribution is -2.41. The van der Waals surface area contributed by atoms with Gasteiger partial charge in [0.15, 0.2) is 0 Å². The van der Waals surface area contributed by atoms with Gasteiger partial charge in [-0.05, 0) is 17.7 Å². The minimum absolute atomic E-state index is 0.00168. The maximum Gasteiger partial charge on any atom is 0.355 e. The molecule has 32 heavy (non-hydrogen) atoms. The Morgan fingerprint density at radius 1 is 1.00 bits per heavy atom. The summed E-state index contributed by atoms with van der Waals surface area (Å²) in [5.41, 5.74) is 6.61. The van der Waals surface area contributed by atoms with Gasteiger partial charge in [0, 0.05) is 0 Å². The van der Waals surface area contributed by atoms with Crippen molar-refractivity contribution in [2.24, 2.45) is 5.73 Å². The predicted molar refractivity (Wildman–Crippen MR) is 116 cm³/mol. The Morgan fingerprint density at radius 3 is 2.22 bits per heavy atom. The first kappa shape index (κ1) is 22.4. The smallest absolute Gasteiger partial charge is 0.355 e. The van der Waals surface area contributed by atoms with Gasteiger partial charge < -0.3 is 15.2 Å². The van der Waals surface area contributed by atoms with Crippen molar-refractivity contribution in [3.63, 3.8) is 0 Å². The summed E-state index contributed by atoms with van der Waals surface area (Å²) >= 11 is 6.18. The summed E-state index contributed by atoms with van der Waals surface area (Å²) in [5.74, 6) is -2.91. The van der Waals surface area contributed by atoms with Crippen molar-refractivity contribution in [1.82, 2.24) is 0 Å². The second-order valence-corrected chi connectivity index (χ2v) is 6.99. The standard InChI is InChI=1S/C23H17ClN4O4/c1-31-22(29)19-18(13-7-4-3-5-8-13)15(12-26)21(27)28(20(19)23(30)32-2)17-10-6-9-16(24)14(17)11-25/h3-10,18H,27H2,1-2H3. The van der Waals surface area contributed by atoms with Crippen LogP contribution in [0.25, 0.3) is 0 Å². The molecule has 1 atom stereocenters. The van der Waals surface area contributed by atoms with Gasteiger partial charge in [-0.3, -0.25) is 4.90 Å². The van der Waals surface area contributed by atoms with Crippen molar-refractivity contribution >= 4 is 29.2 Å². The van der Waals surface area contributed by atoms with Crippen LogP contribution in [0, 0.1) is 22.7 Å². The molecule has 160 valence electrons. The number of carbonyl (C=O) groups excluding carboxylic acids is 2. The number of anilines is 1. The summed E-state index contributed by atoms with van der Waals surface area (Å²) < 4.78 is 9.91. The summed E-state index contributed by atoms with van der Waals surface area (Å²) in [6.07, 6.45) is 0. The van der Waals surface area contributed by atoms with Crippen LogP contribution in [0.15, 0.2) is 71.2 Å². The fourth-order valence-electron chi connectivity index (χ4n) is 3.57. The molecule has 0 fully saturated rings. The average molecular weight is 449 g/mol. The van der Waals surface area contributed by atoms with E-state index in [1.165, 1.54) is 12.1 Å². The Morgan fingerprint density at radius 2 is 1.66 bits per heavy atom. The van der Waals surface area contributed by atoms with E-state index in [0.29, 0.717) is 5.56 Å². The minimum atomic E-state index is -0.997. The van der Waals surface area contributed by atoms with Crippen LogP contribution >= 0.6 is 11.6 Å². The fourth-order valence-corrected chi connectivity index (χ4v) is 3.79. The van der Waals surface area contributed by atoms with Crippen molar-refractivity contribution in [2.45, 2.75) is 5.92 Å². The summed E-state index contributed by atoms with van der Waals surface area (Å²) in [6.45, 7) is 0. The van der Waals surface area contributed by atoms with Gasteiger partial charge in [0.25, 0.3) is 0 Å². The molecule has 3 rings (SSSR count). The Balaban J connectivity index is 2.48. The molecule has 0 radical (unpaired) electrons. The van der Waals surface area contributed by atoms with E-state index in [0.717, 1.165) is 19.1 Å². The van der Waals surface area contributed by atoms with Gasteiger partial charge in [0.1, 0.15) is 17.6 Å². The number of carbonyl (C=O) groups is 2. The van der Waals surface area contributed by atoms with E-state index in [4.69, 9.17) is 26.8 Å². The summed E-state index contributed by atoms with van der Waals surface area (Å²) in [5, 5.41) is 19.8. The van der Waals surface area contributed by atoms with Crippen LogP contribution in [0.3, 0.4) is 0 Å². The summed E-state index contributed by atoms with van der Waals surface area (Å²) in [4.78, 5) is 27.1. The normalized spacial score (nSPS) is 15.7. The molecule has 0 saturated heterocycles. The van der Waals surface area contributed by atoms with Gasteiger partial charge in [-0.1, -0.05) is 48.0 Å². The lowest BCUT2D eigenvalue weighted by atomic mass is 9.80. The monoisotopic (exact) mass is 448 g/mol. The molecule has 0 saturated carbocycles. The van der Waals surface area contributed by atoms with Crippen LogP contribution in [0.1, 0.15) is 17.0 Å². The summed E-state index contributed by atoms with van der Waals surface area (Å²) in [6, 6.07) is 17.2. The Kier molecular flexibility index (Phi) is 6.48. The van der Waals surface area contributed by atoms with Crippen LogP contribution in [0.4, 0.5) is 5.69 Å². The molecule has 2 aromatic rings. The zero-order valence-electron chi connectivity index (χ0n) is 17.1. The third kappa shape index (κ3) is 3.64. The second kappa shape index (κ2) is 9.25. The van der Waals surface area contributed by atoms with E-state index in [2.05, 4.69) is 0 Å². The van der Waals surface area contributed by atoms with Crippen molar-refractivity contribution in [3.8, 4) is 12.1 Å². The molecular weight excluding hydrogens is 432 g/mol. The first-order chi connectivity index (χ1) is 15.4. The van der Waals surface area contributed by atoms with Gasteiger partial charge in [0.05, 0.1) is 53.6 Å². The molecule has 9 heteroatoms. The number of benzene rings is 2. The molecule has 1 heterocycles. The number of ether oxygens (including phenoxy) is 2. The molecule has 0 aliphatic carbocycles. The number of hydrogen-bond donors (Lipinski definition) is 1. The maximum atomic E-state index is 13.0. The summed E-state index contributed by atoms with van der Waals surface area (Å²) in [7, 11) is 2.30. The largest absolute Gasteiger partial charge is 0.466 e. The number of nitriles is 2. The molecule has 0 aromatic heterocycles. The van der Waals surface area contributed by atoms with E-state index in [1.807, 2.05) is 12.1 Å². The van der Waals surface area contributed by atoms with E-state index >= 15 is 0 Å². The number of nitrogens with two attached hydrogens (primary N) is 1. The molecule has 0 amide bonds. The quantitative estimate of drug-likeness (QED) is 0.706. The van der Waals surface area contributed by atoms with Gasteiger partial charge in [-0.15, -0.1) is 0 Å². The third-order valence-corrected chi connectivity index (χ3v) is 5.27. The van der Waals surface area contributed by atoms with E-state index in [9.17, 15) is 20.1 Å². The van der Waals surface area contributed by atoms with Crippen molar-refractivity contribution in [3.05, 3.63) is 87.3 Å². The highest BCUT2D eigenvalue weighted by atomic mass is 35.5. The third-order valence-electron chi connectivity index (χ3n) is 4.95. The van der Waals surface area contributed by atoms with Crippen molar-refractivity contribution in [2.75, 3.05) is 19.1 Å². The first-order valence-corrected chi connectivity index (χ1v) is 9.63. The van der Waals surface area contributed by atoms with Crippen LogP contribution in [-0.4, -0.2) is 26.2 Å². The highest BCUT2D eigenvalue weighted by Gasteiger charge is 2.43. The number of rotatable bonds is 4. The Hall–Kier alpha value is -4.27. The molecule has 8 nitrogen and oxygen atoms in total. The predicted octanol–water partition coefficient (Wildman–Crippen LogP) is 3.11. The molecule has 0 spiro atoms. The van der Waals surface area contributed by atoms with Gasteiger partial charge >= 0.3 is 11.9 Å². The minimum Gasteiger partial charge on any atom is -0.466 e. The molecule has 1 unspecified atom stereocenters. The van der Waals surface area contributed by atoms with Crippen LogP contribution in [0.5, 0.6) is 0 Å². The number of halogens is 1. The number of allylic oxidation sites excluding steroid dienone is 1. The number of hydrogen-bond acceptors (Lipinski definition) is 8. The zero-order chi connectivity index (χ0) is 23.4. The Bertz CT molecular complexity index is 1240. The van der Waals surface area contributed by atoms with E-state index < -0.39 is 17.9 Å². The lowest BCUT2D eigenvalue weighted by molar-refractivity contribution is -0.139. The van der Waals surface area contributed by atoms with E-state index in [1.54, 1.807) is 36.4 Å². The molecule has 1 aliphatic heterocycles. The number of esters is 2. The lowest BCUT2D eigenvalue weighted by Gasteiger charge is -2.36. The topological polar surface area (TPSA) is 129 Å². The van der Waals surface area contributed by atoms with Crippen LogP contribution in [-0.2, 0) is 19.1 Å². The first-order valence-electron chi connectivity index (χ1n) is 9.25. The van der Waals surface area contributed by atoms with Gasteiger partial charge in [-0.2, -0.15) is 10.5 Å². The van der Waals surface area contributed by atoms with E-state index in [-0.39, 0.29) is 38.9 Å². The Labute approximate surface area is 189 Å². The number of nitrogens with zero attached hydrogens (tertiary/aromatic N) is 3. The average Bonchev–Trinajstić information content (AvgIpc) is 2.82. The van der Waals surface area contributed by atoms with Crippen molar-refractivity contribution in [1.29, 1.82) is 10.5 Å². The zero-order valence-corrected chi connectivity index (χ0v) is 17.9. The van der Waals surface area contributed by atoms with Crippen molar-refractivity contribution < 1.29 is 19.1 Å².